The van der Waals surface area contributed by atoms with Gasteiger partial charge in [-0.15, -0.1) is 0 Å². The molecule has 1 aliphatic rings. The highest BCUT2D eigenvalue weighted by Crippen LogP contribution is 2.24. The van der Waals surface area contributed by atoms with Crippen molar-refractivity contribution in [2.45, 2.75) is 45.2 Å². The van der Waals surface area contributed by atoms with Gasteiger partial charge in [-0.2, -0.15) is 0 Å². The highest BCUT2D eigenvalue weighted by atomic mass is 16.3. The maximum Gasteiger partial charge on any atom is 0.0474 e. The highest BCUT2D eigenvalue weighted by Gasteiger charge is 2.23. The van der Waals surface area contributed by atoms with Crippen molar-refractivity contribution in [3.63, 3.8) is 0 Å². The second kappa shape index (κ2) is 6.18. The van der Waals surface area contributed by atoms with Gasteiger partial charge < -0.3 is 10.4 Å². The molecule has 1 aromatic carbocycles. The lowest BCUT2D eigenvalue weighted by Crippen LogP contribution is -2.39. The van der Waals surface area contributed by atoms with Gasteiger partial charge in [0, 0.05) is 19.2 Å². The van der Waals surface area contributed by atoms with Crippen molar-refractivity contribution in [2.24, 2.45) is 5.92 Å². The van der Waals surface area contributed by atoms with Gasteiger partial charge in [0.2, 0.25) is 0 Å². The first kappa shape index (κ1) is 12.6. The zero-order valence-corrected chi connectivity index (χ0v) is 10.7. The van der Waals surface area contributed by atoms with Crippen LogP contribution < -0.4 is 5.32 Å². The van der Waals surface area contributed by atoms with Crippen molar-refractivity contribution in [2.75, 3.05) is 6.61 Å². The van der Waals surface area contributed by atoms with Crippen LogP contribution in [0.3, 0.4) is 0 Å². The smallest absolute Gasteiger partial charge is 0.0474 e. The fraction of sp³-hybridized carbons (Fsp3) is 0.600. The summed E-state index contributed by atoms with van der Waals surface area (Å²) in [5, 5.41) is 13.0. The Labute approximate surface area is 104 Å². The van der Waals surface area contributed by atoms with Crippen LogP contribution >= 0.6 is 0 Å². The first-order valence-corrected chi connectivity index (χ1v) is 6.69. The summed E-state index contributed by atoms with van der Waals surface area (Å²) in [7, 11) is 0. The molecule has 2 N–H and O–H groups in total. The van der Waals surface area contributed by atoms with Gasteiger partial charge in [0.25, 0.3) is 0 Å². The molecule has 0 aromatic heterocycles. The molecule has 0 bridgehead atoms. The Hall–Kier alpha value is -0.860. The standard InChI is InChI=1S/C15H23NO/c1-12-5-4-6-13(9-12)10-16-15-8-3-2-7-14(15)11-17/h4-6,9,14-17H,2-3,7-8,10-11H2,1H3. The average Bonchev–Trinajstić information content (AvgIpc) is 2.37. The number of aryl methyl sites for hydroxylation is 1. The molecule has 0 radical (unpaired) electrons. The summed E-state index contributed by atoms with van der Waals surface area (Å²) in [4.78, 5) is 0. The zero-order chi connectivity index (χ0) is 12.1. The van der Waals surface area contributed by atoms with Crippen LogP contribution in [0.1, 0.15) is 36.8 Å². The Morgan fingerprint density at radius 1 is 1.29 bits per heavy atom. The van der Waals surface area contributed by atoms with E-state index in [1.54, 1.807) is 0 Å². The van der Waals surface area contributed by atoms with Crippen LogP contribution in [0.25, 0.3) is 0 Å². The Balaban J connectivity index is 1.88. The predicted octanol–water partition coefficient (Wildman–Crippen LogP) is 2.64. The molecular formula is C15H23NO. The van der Waals surface area contributed by atoms with Crippen LogP contribution in [0.15, 0.2) is 24.3 Å². The minimum atomic E-state index is 0.325. The second-order valence-electron chi connectivity index (χ2n) is 5.20. The number of hydrogen-bond acceptors (Lipinski definition) is 2. The summed E-state index contributed by atoms with van der Waals surface area (Å²) in [5.74, 6) is 0.452. The van der Waals surface area contributed by atoms with E-state index < -0.39 is 0 Å². The molecule has 2 nitrogen and oxygen atoms in total. The van der Waals surface area contributed by atoms with Gasteiger partial charge in [-0.1, -0.05) is 42.7 Å². The van der Waals surface area contributed by atoms with Crippen molar-refractivity contribution in [1.82, 2.24) is 5.32 Å². The third-order valence-electron chi connectivity index (χ3n) is 3.79. The average molecular weight is 233 g/mol. The second-order valence-corrected chi connectivity index (χ2v) is 5.20. The molecule has 2 atom stereocenters. The molecule has 2 unspecified atom stereocenters. The Morgan fingerprint density at radius 2 is 2.12 bits per heavy atom. The summed E-state index contributed by atoms with van der Waals surface area (Å²) in [6.45, 7) is 3.37. The first-order valence-electron chi connectivity index (χ1n) is 6.69. The number of aliphatic hydroxyl groups excluding tert-OH is 1. The van der Waals surface area contributed by atoms with Gasteiger partial charge in [0.1, 0.15) is 0 Å². The van der Waals surface area contributed by atoms with Crippen LogP contribution in [-0.2, 0) is 6.54 Å². The fourth-order valence-electron chi connectivity index (χ4n) is 2.77. The van der Waals surface area contributed by atoms with Gasteiger partial charge in [0.05, 0.1) is 0 Å². The molecule has 0 heterocycles. The van der Waals surface area contributed by atoms with Gasteiger partial charge in [-0.05, 0) is 31.2 Å². The molecule has 0 spiro atoms. The highest BCUT2D eigenvalue weighted by molar-refractivity contribution is 5.22. The van der Waals surface area contributed by atoms with Crippen LogP contribution in [-0.4, -0.2) is 17.8 Å². The van der Waals surface area contributed by atoms with E-state index in [2.05, 4.69) is 36.5 Å². The van der Waals surface area contributed by atoms with Crippen LogP contribution in [0.5, 0.6) is 0 Å². The minimum absolute atomic E-state index is 0.325. The molecule has 94 valence electrons. The molecule has 17 heavy (non-hydrogen) atoms. The summed E-state index contributed by atoms with van der Waals surface area (Å²) in [6, 6.07) is 9.12. The Kier molecular flexibility index (Phi) is 4.57. The summed E-state index contributed by atoms with van der Waals surface area (Å²) in [5.41, 5.74) is 2.65. The molecule has 1 aromatic rings. The largest absolute Gasteiger partial charge is 0.396 e. The molecule has 0 saturated heterocycles. The monoisotopic (exact) mass is 233 g/mol. The molecule has 1 saturated carbocycles. The molecule has 1 aliphatic carbocycles. The lowest BCUT2D eigenvalue weighted by Gasteiger charge is -2.31. The van der Waals surface area contributed by atoms with Crippen molar-refractivity contribution in [3.8, 4) is 0 Å². The number of nitrogens with one attached hydrogen (secondary N) is 1. The molecular weight excluding hydrogens is 210 g/mol. The van der Waals surface area contributed by atoms with E-state index in [0.29, 0.717) is 18.6 Å². The zero-order valence-electron chi connectivity index (χ0n) is 10.7. The summed E-state index contributed by atoms with van der Waals surface area (Å²) < 4.78 is 0. The van der Waals surface area contributed by atoms with E-state index >= 15 is 0 Å². The van der Waals surface area contributed by atoms with E-state index in [0.717, 1.165) is 6.54 Å². The van der Waals surface area contributed by atoms with E-state index in [1.165, 1.54) is 36.8 Å². The van der Waals surface area contributed by atoms with E-state index in [9.17, 15) is 5.11 Å². The SMILES string of the molecule is Cc1cccc(CNC2CCCCC2CO)c1. The topological polar surface area (TPSA) is 32.3 Å². The van der Waals surface area contributed by atoms with E-state index in [-0.39, 0.29) is 0 Å². The van der Waals surface area contributed by atoms with Gasteiger partial charge in [0.15, 0.2) is 0 Å². The number of rotatable bonds is 4. The third-order valence-corrected chi connectivity index (χ3v) is 3.79. The maximum atomic E-state index is 9.36. The molecule has 0 amide bonds. The Bertz CT molecular complexity index is 351. The Morgan fingerprint density at radius 3 is 2.88 bits per heavy atom. The lowest BCUT2D eigenvalue weighted by atomic mass is 9.85. The molecule has 0 aliphatic heterocycles. The van der Waals surface area contributed by atoms with Gasteiger partial charge in [-0.25, -0.2) is 0 Å². The van der Waals surface area contributed by atoms with E-state index in [4.69, 9.17) is 0 Å². The normalized spacial score (nSPS) is 24.8. The lowest BCUT2D eigenvalue weighted by molar-refractivity contribution is 0.152. The van der Waals surface area contributed by atoms with Crippen molar-refractivity contribution < 1.29 is 5.11 Å². The van der Waals surface area contributed by atoms with Crippen molar-refractivity contribution >= 4 is 0 Å². The summed E-state index contributed by atoms with van der Waals surface area (Å²) in [6.07, 6.45) is 4.94. The van der Waals surface area contributed by atoms with Crippen molar-refractivity contribution in [1.29, 1.82) is 0 Å². The molecule has 2 heteroatoms. The molecule has 1 fully saturated rings. The number of hydrogen-bond donors (Lipinski definition) is 2. The molecule has 2 rings (SSSR count). The van der Waals surface area contributed by atoms with Crippen LogP contribution in [0, 0.1) is 12.8 Å². The quantitative estimate of drug-likeness (QED) is 0.838. The maximum absolute atomic E-state index is 9.36. The van der Waals surface area contributed by atoms with Crippen LogP contribution in [0.2, 0.25) is 0 Å². The van der Waals surface area contributed by atoms with Gasteiger partial charge >= 0.3 is 0 Å². The number of aliphatic hydroxyl groups is 1. The third kappa shape index (κ3) is 3.55. The first-order chi connectivity index (χ1) is 8.29. The fourth-order valence-corrected chi connectivity index (χ4v) is 2.77. The minimum Gasteiger partial charge on any atom is -0.396 e. The van der Waals surface area contributed by atoms with E-state index in [1.807, 2.05) is 0 Å². The predicted molar refractivity (Wildman–Crippen MR) is 70.9 cm³/mol. The number of benzene rings is 1. The summed E-state index contributed by atoms with van der Waals surface area (Å²) >= 11 is 0. The van der Waals surface area contributed by atoms with Gasteiger partial charge in [-0.3, -0.25) is 0 Å². The van der Waals surface area contributed by atoms with Crippen LogP contribution in [0.4, 0.5) is 0 Å². The van der Waals surface area contributed by atoms with Crippen molar-refractivity contribution in [3.05, 3.63) is 35.4 Å².